The fourth-order valence-corrected chi connectivity index (χ4v) is 7.06. The van der Waals surface area contributed by atoms with E-state index in [1.807, 2.05) is 75.4 Å². The largest absolute Gasteiger partial charge is 0.497 e. The van der Waals surface area contributed by atoms with E-state index in [2.05, 4.69) is 45.8 Å². The summed E-state index contributed by atoms with van der Waals surface area (Å²) >= 11 is 5.22. The molecule has 0 saturated carbocycles. The van der Waals surface area contributed by atoms with Crippen LogP contribution in [0.3, 0.4) is 0 Å². The van der Waals surface area contributed by atoms with Crippen molar-refractivity contribution >= 4 is 58.7 Å². The highest BCUT2D eigenvalue weighted by molar-refractivity contribution is 9.10. The summed E-state index contributed by atoms with van der Waals surface area (Å²) in [7, 11) is 0.360. The molecule has 2 amide bonds. The van der Waals surface area contributed by atoms with Gasteiger partial charge >= 0.3 is 6.09 Å². The number of rotatable bonds is 11. The lowest BCUT2D eigenvalue weighted by atomic mass is 10.2. The molecule has 11 heteroatoms. The van der Waals surface area contributed by atoms with Crippen molar-refractivity contribution in [2.75, 3.05) is 43.3 Å². The van der Waals surface area contributed by atoms with Crippen LogP contribution in [0.5, 0.6) is 5.75 Å². The standard InChI is InChI=1S/C33H44BrN3O5SSi/c1-33(2,3)42-32(39)35-24-16-17-36(21-24)25-10-13-28(27(34)20-25)37(22-41-18-19-44(5,6)7)31(38)30-15-14-29(43-30)23-8-11-26(40-4)12-9-23/h8-15,20,24H,16-19,21-22H2,1-7H3,(H,35,39). The number of anilines is 2. The molecule has 1 aromatic heterocycles. The third-order valence-corrected chi connectivity index (χ3v) is 10.6. The Morgan fingerprint density at radius 3 is 2.45 bits per heavy atom. The van der Waals surface area contributed by atoms with Gasteiger partial charge in [0.25, 0.3) is 5.91 Å². The van der Waals surface area contributed by atoms with Gasteiger partial charge in [0.1, 0.15) is 18.1 Å². The van der Waals surface area contributed by atoms with E-state index >= 15 is 0 Å². The number of carbonyl (C=O) groups is 2. The zero-order valence-electron chi connectivity index (χ0n) is 26.7. The number of methoxy groups -OCH3 is 1. The van der Waals surface area contributed by atoms with Crippen LogP contribution in [-0.4, -0.2) is 65.3 Å². The van der Waals surface area contributed by atoms with Crippen molar-refractivity contribution in [1.29, 1.82) is 0 Å². The Morgan fingerprint density at radius 1 is 1.09 bits per heavy atom. The minimum Gasteiger partial charge on any atom is -0.497 e. The van der Waals surface area contributed by atoms with Gasteiger partial charge in [-0.25, -0.2) is 4.79 Å². The lowest BCUT2D eigenvalue weighted by molar-refractivity contribution is 0.0508. The van der Waals surface area contributed by atoms with Gasteiger partial charge in [0.05, 0.1) is 23.7 Å². The van der Waals surface area contributed by atoms with E-state index in [0.717, 1.165) is 51.0 Å². The average molecular weight is 703 g/mol. The molecule has 3 aromatic rings. The molecule has 2 aromatic carbocycles. The number of nitrogens with one attached hydrogen (secondary N) is 1. The molecule has 1 fully saturated rings. The summed E-state index contributed by atoms with van der Waals surface area (Å²) in [6.45, 7) is 14.8. The minimum absolute atomic E-state index is 0.000119. The summed E-state index contributed by atoms with van der Waals surface area (Å²) in [5.41, 5.74) is 2.25. The zero-order chi connectivity index (χ0) is 32.1. The van der Waals surface area contributed by atoms with Crippen molar-refractivity contribution in [1.82, 2.24) is 5.32 Å². The van der Waals surface area contributed by atoms with Gasteiger partial charge in [-0.05, 0) is 109 Å². The highest BCUT2D eigenvalue weighted by Crippen LogP contribution is 2.35. The molecular weight excluding hydrogens is 658 g/mol. The molecule has 44 heavy (non-hydrogen) atoms. The molecule has 8 nitrogen and oxygen atoms in total. The molecule has 1 saturated heterocycles. The van der Waals surface area contributed by atoms with Crippen LogP contribution in [0.4, 0.5) is 16.2 Å². The normalized spacial score (nSPS) is 15.3. The quantitative estimate of drug-likeness (QED) is 0.123. The van der Waals surface area contributed by atoms with Gasteiger partial charge in [-0.3, -0.25) is 9.69 Å². The van der Waals surface area contributed by atoms with Gasteiger partial charge in [0.2, 0.25) is 0 Å². The van der Waals surface area contributed by atoms with E-state index in [-0.39, 0.29) is 18.7 Å². The van der Waals surface area contributed by atoms with Gasteiger partial charge in [0, 0.05) is 42.8 Å². The maximum Gasteiger partial charge on any atom is 0.407 e. The van der Waals surface area contributed by atoms with Crippen molar-refractivity contribution in [3.8, 4) is 16.2 Å². The highest BCUT2D eigenvalue weighted by Gasteiger charge is 2.28. The number of halogens is 1. The smallest absolute Gasteiger partial charge is 0.407 e. The number of nitrogens with zero attached hydrogens (tertiary/aromatic N) is 2. The summed E-state index contributed by atoms with van der Waals surface area (Å²) in [4.78, 5) is 31.8. The summed E-state index contributed by atoms with van der Waals surface area (Å²) < 4.78 is 17.6. The van der Waals surface area contributed by atoms with Crippen LogP contribution >= 0.6 is 27.3 Å². The number of thiophene rings is 1. The van der Waals surface area contributed by atoms with Crippen molar-refractivity contribution in [2.45, 2.75) is 64.5 Å². The molecule has 1 unspecified atom stereocenters. The molecule has 2 heterocycles. The first-order valence-electron chi connectivity index (χ1n) is 14.9. The first kappa shape index (κ1) is 34.0. The van der Waals surface area contributed by atoms with Crippen LogP contribution < -0.4 is 19.9 Å². The number of carbonyl (C=O) groups excluding carboxylic acids is 2. The van der Waals surface area contributed by atoms with Crippen molar-refractivity contribution < 1.29 is 23.8 Å². The third kappa shape index (κ3) is 9.57. The summed E-state index contributed by atoms with van der Waals surface area (Å²) in [6, 6.07) is 18.7. The van der Waals surface area contributed by atoms with Crippen molar-refractivity contribution in [2.24, 2.45) is 0 Å². The van der Waals surface area contributed by atoms with E-state index in [1.54, 1.807) is 12.0 Å². The van der Waals surface area contributed by atoms with Crippen LogP contribution in [-0.2, 0) is 9.47 Å². The molecule has 1 N–H and O–H groups in total. The first-order valence-corrected chi connectivity index (χ1v) is 20.2. The van der Waals surface area contributed by atoms with E-state index in [0.29, 0.717) is 18.0 Å². The number of hydrogen-bond donors (Lipinski definition) is 1. The Balaban J connectivity index is 1.51. The number of ether oxygens (including phenoxy) is 3. The van der Waals surface area contributed by atoms with Gasteiger partial charge in [-0.1, -0.05) is 19.6 Å². The van der Waals surface area contributed by atoms with E-state index in [9.17, 15) is 9.59 Å². The fraction of sp³-hybridized carbons (Fsp3) is 0.455. The number of hydrogen-bond acceptors (Lipinski definition) is 7. The molecule has 0 radical (unpaired) electrons. The van der Waals surface area contributed by atoms with Crippen LogP contribution in [0.25, 0.3) is 10.4 Å². The van der Waals surface area contributed by atoms with E-state index in [4.69, 9.17) is 14.2 Å². The second kappa shape index (κ2) is 14.5. The van der Waals surface area contributed by atoms with Gasteiger partial charge in [-0.15, -0.1) is 11.3 Å². The Morgan fingerprint density at radius 2 is 1.82 bits per heavy atom. The second-order valence-corrected chi connectivity index (χ2v) is 20.7. The van der Waals surface area contributed by atoms with E-state index < -0.39 is 19.8 Å². The molecule has 1 aliphatic rings. The number of amides is 2. The third-order valence-electron chi connectivity index (χ3n) is 7.15. The highest BCUT2D eigenvalue weighted by atomic mass is 79.9. The maximum absolute atomic E-state index is 14.0. The minimum atomic E-state index is -1.29. The molecule has 1 atom stereocenters. The molecule has 0 spiro atoms. The van der Waals surface area contributed by atoms with Crippen molar-refractivity contribution in [3.63, 3.8) is 0 Å². The van der Waals surface area contributed by atoms with Crippen molar-refractivity contribution in [3.05, 3.63) is 63.9 Å². The molecule has 4 rings (SSSR count). The predicted molar refractivity (Wildman–Crippen MR) is 186 cm³/mol. The lowest BCUT2D eigenvalue weighted by Gasteiger charge is -2.26. The summed E-state index contributed by atoms with van der Waals surface area (Å²) in [5, 5.41) is 2.98. The maximum atomic E-state index is 14.0. The van der Waals surface area contributed by atoms with Gasteiger partial charge < -0.3 is 24.4 Å². The number of alkyl carbamates (subject to hydrolysis) is 1. The predicted octanol–water partition coefficient (Wildman–Crippen LogP) is 8.25. The Bertz CT molecular complexity index is 1430. The topological polar surface area (TPSA) is 80.3 Å². The van der Waals surface area contributed by atoms with Crippen LogP contribution in [0, 0.1) is 0 Å². The molecule has 1 aliphatic heterocycles. The second-order valence-electron chi connectivity index (χ2n) is 13.2. The van der Waals surface area contributed by atoms with Gasteiger partial charge in [0.15, 0.2) is 0 Å². The Labute approximate surface area is 274 Å². The lowest BCUT2D eigenvalue weighted by Crippen LogP contribution is -2.40. The molecule has 0 bridgehead atoms. The number of benzene rings is 2. The SMILES string of the molecule is COc1ccc(-c2ccc(C(=O)N(COCC[Si](C)(C)C)c3ccc(N4CCC(NC(=O)OC(C)(C)C)C4)cc3Br)s2)cc1. The summed E-state index contributed by atoms with van der Waals surface area (Å²) in [6.07, 6.45) is 0.427. The average Bonchev–Trinajstić information content (AvgIpc) is 3.62. The van der Waals surface area contributed by atoms with Gasteiger partial charge in [-0.2, -0.15) is 0 Å². The zero-order valence-corrected chi connectivity index (χ0v) is 30.1. The van der Waals surface area contributed by atoms with Crippen LogP contribution in [0.1, 0.15) is 36.9 Å². The fourth-order valence-electron chi connectivity index (χ4n) is 4.77. The summed E-state index contributed by atoms with van der Waals surface area (Å²) in [5.74, 6) is 0.680. The van der Waals surface area contributed by atoms with Crippen LogP contribution in [0.2, 0.25) is 25.7 Å². The molecular formula is C33H44BrN3O5SSi. The molecule has 238 valence electrons. The monoisotopic (exact) mass is 701 g/mol. The Kier molecular flexibility index (Phi) is 11.2. The van der Waals surface area contributed by atoms with Crippen LogP contribution in [0.15, 0.2) is 59.1 Å². The van der Waals surface area contributed by atoms with E-state index in [1.165, 1.54) is 11.3 Å². The molecule has 0 aliphatic carbocycles. The first-order chi connectivity index (χ1) is 20.7. The Hall–Kier alpha value is -2.86.